The third-order valence-corrected chi connectivity index (χ3v) is 4.18. The summed E-state index contributed by atoms with van der Waals surface area (Å²) >= 11 is 0. The molecule has 2 aromatic rings. The van der Waals surface area contributed by atoms with Crippen molar-refractivity contribution in [1.82, 2.24) is 9.88 Å². The number of aromatic nitrogens is 1. The van der Waals surface area contributed by atoms with Gasteiger partial charge < -0.3 is 15.0 Å². The number of piperidine rings is 1. The molecule has 0 bridgehead atoms. The second-order valence-corrected chi connectivity index (χ2v) is 6.17. The molecule has 1 fully saturated rings. The minimum atomic E-state index is -0.485. The van der Waals surface area contributed by atoms with Gasteiger partial charge in [-0.2, -0.15) is 4.98 Å². The second-order valence-electron chi connectivity index (χ2n) is 6.17. The van der Waals surface area contributed by atoms with E-state index in [0.717, 1.165) is 32.0 Å². The number of halogens is 1. The van der Waals surface area contributed by atoms with Crippen LogP contribution >= 0.6 is 0 Å². The van der Waals surface area contributed by atoms with Crippen molar-refractivity contribution < 1.29 is 13.9 Å². The SMILES string of the molecule is [B]c1cc(F)ccc1C(=O)Nc1cccc(OC2CCN(C)CC2)n1. The third-order valence-electron chi connectivity index (χ3n) is 4.18. The van der Waals surface area contributed by atoms with Crippen LogP contribution < -0.4 is 15.5 Å². The highest BCUT2D eigenvalue weighted by Gasteiger charge is 2.18. The summed E-state index contributed by atoms with van der Waals surface area (Å²) in [5.74, 6) is -0.0966. The molecule has 1 aromatic carbocycles. The van der Waals surface area contributed by atoms with Gasteiger partial charge in [-0.3, -0.25) is 4.79 Å². The van der Waals surface area contributed by atoms with Crippen molar-refractivity contribution >= 4 is 25.0 Å². The lowest BCUT2D eigenvalue weighted by Crippen LogP contribution is -2.35. The van der Waals surface area contributed by atoms with Crippen LogP contribution in [0.2, 0.25) is 0 Å². The van der Waals surface area contributed by atoms with Gasteiger partial charge >= 0.3 is 0 Å². The summed E-state index contributed by atoms with van der Waals surface area (Å²) in [6, 6.07) is 8.85. The Kier molecular flexibility index (Phi) is 5.33. The fourth-order valence-electron chi connectivity index (χ4n) is 2.75. The normalized spacial score (nSPS) is 15.8. The maximum absolute atomic E-state index is 13.1. The molecule has 0 atom stereocenters. The lowest BCUT2D eigenvalue weighted by Gasteiger charge is -2.28. The van der Waals surface area contributed by atoms with Gasteiger partial charge in [0.15, 0.2) is 0 Å². The van der Waals surface area contributed by atoms with Crippen molar-refractivity contribution in [2.75, 3.05) is 25.5 Å². The van der Waals surface area contributed by atoms with Gasteiger partial charge in [-0.25, -0.2) is 4.39 Å². The van der Waals surface area contributed by atoms with Gasteiger partial charge in [0, 0.05) is 24.7 Å². The number of hydrogen-bond acceptors (Lipinski definition) is 4. The third kappa shape index (κ3) is 4.57. The maximum atomic E-state index is 13.1. The molecule has 1 aliphatic heterocycles. The van der Waals surface area contributed by atoms with E-state index in [4.69, 9.17) is 12.6 Å². The number of benzene rings is 1. The van der Waals surface area contributed by atoms with Crippen LogP contribution in [0.15, 0.2) is 36.4 Å². The Morgan fingerprint density at radius 2 is 2.08 bits per heavy atom. The Morgan fingerprint density at radius 3 is 2.80 bits per heavy atom. The largest absolute Gasteiger partial charge is 0.474 e. The number of anilines is 1. The highest BCUT2D eigenvalue weighted by atomic mass is 19.1. The lowest BCUT2D eigenvalue weighted by molar-refractivity contribution is 0.102. The molecule has 1 amide bonds. The number of carbonyl (C=O) groups excluding carboxylic acids is 1. The molecular formula is C18H19BFN3O2. The molecule has 3 rings (SSSR count). The number of pyridine rings is 1. The van der Waals surface area contributed by atoms with Crippen LogP contribution in [0, 0.1) is 5.82 Å². The van der Waals surface area contributed by atoms with Crippen molar-refractivity contribution in [1.29, 1.82) is 0 Å². The molecule has 1 aliphatic rings. The molecule has 2 heterocycles. The van der Waals surface area contributed by atoms with E-state index in [1.54, 1.807) is 18.2 Å². The minimum Gasteiger partial charge on any atom is -0.474 e. The highest BCUT2D eigenvalue weighted by Crippen LogP contribution is 2.18. The Labute approximate surface area is 147 Å². The molecule has 0 spiro atoms. The zero-order valence-electron chi connectivity index (χ0n) is 14.0. The zero-order valence-corrected chi connectivity index (χ0v) is 14.0. The molecule has 2 radical (unpaired) electrons. The Hall–Kier alpha value is -2.41. The first-order chi connectivity index (χ1) is 12.0. The molecule has 0 unspecified atom stereocenters. The molecule has 25 heavy (non-hydrogen) atoms. The van der Waals surface area contributed by atoms with Gasteiger partial charge in [-0.15, -0.1) is 0 Å². The van der Waals surface area contributed by atoms with Crippen LogP contribution in [-0.2, 0) is 0 Å². The average Bonchev–Trinajstić information content (AvgIpc) is 2.57. The van der Waals surface area contributed by atoms with E-state index in [9.17, 15) is 9.18 Å². The van der Waals surface area contributed by atoms with Crippen molar-refractivity contribution in [3.8, 4) is 5.88 Å². The molecule has 128 valence electrons. The topological polar surface area (TPSA) is 54.5 Å². The van der Waals surface area contributed by atoms with Crippen LogP contribution in [0.1, 0.15) is 23.2 Å². The fraction of sp³-hybridized carbons (Fsp3) is 0.333. The monoisotopic (exact) mass is 339 g/mol. The van der Waals surface area contributed by atoms with Crippen molar-refractivity contribution in [3.63, 3.8) is 0 Å². The summed E-state index contributed by atoms with van der Waals surface area (Å²) in [4.78, 5) is 18.9. The number of carbonyl (C=O) groups is 1. The van der Waals surface area contributed by atoms with Crippen LogP contribution in [-0.4, -0.2) is 49.9 Å². The first-order valence-electron chi connectivity index (χ1n) is 8.20. The van der Waals surface area contributed by atoms with E-state index in [1.807, 2.05) is 0 Å². The van der Waals surface area contributed by atoms with Gasteiger partial charge in [0.25, 0.3) is 5.91 Å². The van der Waals surface area contributed by atoms with Crippen LogP contribution in [0.5, 0.6) is 5.88 Å². The van der Waals surface area contributed by atoms with Gasteiger partial charge in [-0.1, -0.05) is 11.5 Å². The van der Waals surface area contributed by atoms with Crippen molar-refractivity contribution in [2.24, 2.45) is 0 Å². The summed E-state index contributed by atoms with van der Waals surface area (Å²) in [5.41, 5.74) is 0.279. The van der Waals surface area contributed by atoms with E-state index < -0.39 is 11.7 Å². The predicted molar refractivity (Wildman–Crippen MR) is 95.1 cm³/mol. The minimum absolute atomic E-state index is 0.0798. The van der Waals surface area contributed by atoms with Crippen LogP contribution in [0.4, 0.5) is 10.2 Å². The number of hydrogen-bond donors (Lipinski definition) is 1. The lowest BCUT2D eigenvalue weighted by atomic mass is 9.90. The number of amides is 1. The molecule has 5 nitrogen and oxygen atoms in total. The molecule has 1 aromatic heterocycles. The van der Waals surface area contributed by atoms with Gasteiger partial charge in [0.1, 0.15) is 25.6 Å². The predicted octanol–water partition coefficient (Wildman–Crippen LogP) is 1.74. The summed E-state index contributed by atoms with van der Waals surface area (Å²) < 4.78 is 19.0. The molecular weight excluding hydrogens is 320 g/mol. The van der Waals surface area contributed by atoms with Crippen LogP contribution in [0.25, 0.3) is 0 Å². The number of likely N-dealkylation sites (tertiary alicyclic amines) is 1. The molecule has 7 heteroatoms. The summed E-state index contributed by atoms with van der Waals surface area (Å²) in [6.45, 7) is 1.98. The number of nitrogens with one attached hydrogen (secondary N) is 1. The molecule has 1 N–H and O–H groups in total. The molecule has 0 saturated carbocycles. The maximum Gasteiger partial charge on any atom is 0.256 e. The molecule has 0 aliphatic carbocycles. The quantitative estimate of drug-likeness (QED) is 0.863. The van der Waals surface area contributed by atoms with Crippen molar-refractivity contribution in [2.45, 2.75) is 18.9 Å². The number of ether oxygens (including phenoxy) is 1. The van der Waals surface area contributed by atoms with Gasteiger partial charge in [0.2, 0.25) is 5.88 Å². The van der Waals surface area contributed by atoms with Crippen molar-refractivity contribution in [3.05, 3.63) is 47.8 Å². The van der Waals surface area contributed by atoms with E-state index in [-0.39, 0.29) is 17.1 Å². The van der Waals surface area contributed by atoms with E-state index in [1.165, 1.54) is 12.1 Å². The number of nitrogens with zero attached hydrogens (tertiary/aromatic N) is 2. The second kappa shape index (κ2) is 7.65. The molecule has 1 saturated heterocycles. The van der Waals surface area contributed by atoms with E-state index >= 15 is 0 Å². The first-order valence-corrected chi connectivity index (χ1v) is 8.20. The summed E-state index contributed by atoms with van der Waals surface area (Å²) in [6.07, 6.45) is 2.02. The zero-order chi connectivity index (χ0) is 17.8. The Morgan fingerprint density at radius 1 is 1.32 bits per heavy atom. The smallest absolute Gasteiger partial charge is 0.256 e. The van der Waals surface area contributed by atoms with E-state index in [2.05, 4.69) is 22.2 Å². The van der Waals surface area contributed by atoms with E-state index in [0.29, 0.717) is 11.7 Å². The fourth-order valence-corrected chi connectivity index (χ4v) is 2.75. The Balaban J connectivity index is 1.66. The van der Waals surface area contributed by atoms with Crippen LogP contribution in [0.3, 0.4) is 0 Å². The van der Waals surface area contributed by atoms with Gasteiger partial charge in [-0.05, 0) is 44.2 Å². The Bertz CT molecular complexity index is 764. The number of rotatable bonds is 4. The first kappa shape index (κ1) is 17.4. The highest BCUT2D eigenvalue weighted by molar-refractivity contribution is 6.37. The average molecular weight is 339 g/mol. The standard InChI is InChI=1S/C18H19BFN3O2/c1-23-9-7-13(8-10-23)25-17-4-2-3-16(21-17)22-18(24)14-6-5-12(20)11-15(14)19/h2-6,11,13H,7-10H2,1H3,(H,21,22,24). The summed E-state index contributed by atoms with van der Waals surface area (Å²) in [5, 5.41) is 2.66. The van der Waals surface area contributed by atoms with Gasteiger partial charge in [0.05, 0.1) is 0 Å². The summed E-state index contributed by atoms with van der Waals surface area (Å²) in [7, 11) is 7.78.